The molecule has 0 radical (unpaired) electrons. The van der Waals surface area contributed by atoms with Crippen molar-refractivity contribution in [3.05, 3.63) is 23.8 Å². The molecule has 0 spiro atoms. The van der Waals surface area contributed by atoms with E-state index in [4.69, 9.17) is 9.47 Å². The first-order valence-electron chi connectivity index (χ1n) is 9.60. The Bertz CT molecular complexity index is 664. The van der Waals surface area contributed by atoms with Crippen LogP contribution in [0.5, 0.6) is 5.75 Å². The van der Waals surface area contributed by atoms with Crippen LogP contribution in [0.15, 0.2) is 18.2 Å². The average molecular weight is 358 g/mol. The number of ether oxygens (including phenoxy) is 2. The molecule has 5 heteroatoms. The van der Waals surface area contributed by atoms with Gasteiger partial charge in [-0.25, -0.2) is 0 Å². The van der Waals surface area contributed by atoms with Crippen molar-refractivity contribution in [2.24, 2.45) is 5.92 Å². The third-order valence-electron chi connectivity index (χ3n) is 5.06. The summed E-state index contributed by atoms with van der Waals surface area (Å²) < 4.78 is 11.7. The van der Waals surface area contributed by atoms with Gasteiger partial charge in [-0.15, -0.1) is 0 Å². The van der Waals surface area contributed by atoms with E-state index in [9.17, 15) is 10.1 Å². The molecule has 142 valence electrons. The fourth-order valence-electron chi connectivity index (χ4n) is 3.53. The van der Waals surface area contributed by atoms with E-state index in [2.05, 4.69) is 18.3 Å². The van der Waals surface area contributed by atoms with Crippen molar-refractivity contribution in [1.29, 1.82) is 5.26 Å². The number of hydrogen-bond acceptors (Lipinski definition) is 4. The number of anilines is 1. The van der Waals surface area contributed by atoms with Gasteiger partial charge in [0.05, 0.1) is 17.4 Å². The minimum absolute atomic E-state index is 0.0759. The van der Waals surface area contributed by atoms with Gasteiger partial charge in [0.15, 0.2) is 0 Å². The fourth-order valence-corrected chi connectivity index (χ4v) is 3.53. The van der Waals surface area contributed by atoms with Crippen molar-refractivity contribution >= 4 is 11.6 Å². The van der Waals surface area contributed by atoms with Crippen LogP contribution in [0.1, 0.15) is 65.4 Å². The number of carbonyl (C=O) groups excluding carboxylic acids is 1. The van der Waals surface area contributed by atoms with Crippen LogP contribution in [0.4, 0.5) is 5.69 Å². The van der Waals surface area contributed by atoms with E-state index in [1.54, 1.807) is 18.2 Å². The number of nitriles is 1. The molecule has 1 amide bonds. The highest BCUT2D eigenvalue weighted by atomic mass is 16.5. The molecule has 1 aliphatic carbocycles. The molecule has 0 saturated heterocycles. The Morgan fingerprint density at radius 2 is 2.23 bits per heavy atom. The van der Waals surface area contributed by atoms with Gasteiger partial charge in [0.25, 0.3) is 5.91 Å². The summed E-state index contributed by atoms with van der Waals surface area (Å²) in [5.41, 5.74) is 0.103. The summed E-state index contributed by atoms with van der Waals surface area (Å²) in [4.78, 5) is 13.0. The lowest BCUT2D eigenvalue weighted by Crippen LogP contribution is -2.48. The Balaban J connectivity index is 2.20. The number of rotatable bonds is 7. The number of nitrogens with one attached hydrogen (secondary N) is 1. The third-order valence-corrected chi connectivity index (χ3v) is 5.06. The molecule has 1 fully saturated rings. The molecule has 1 aliphatic rings. The molecule has 3 atom stereocenters. The van der Waals surface area contributed by atoms with E-state index in [-0.39, 0.29) is 12.0 Å². The molecular weight excluding hydrogens is 328 g/mol. The minimum Gasteiger partial charge on any atom is -0.491 e. The quantitative estimate of drug-likeness (QED) is 0.769. The average Bonchev–Trinajstić information content (AvgIpc) is 2.62. The summed E-state index contributed by atoms with van der Waals surface area (Å²) in [5, 5.41) is 12.4. The number of carbonyl (C=O) groups is 1. The highest BCUT2D eigenvalue weighted by molar-refractivity contribution is 5.98. The molecule has 0 heterocycles. The predicted molar refractivity (Wildman–Crippen MR) is 102 cm³/mol. The molecule has 2 rings (SSSR count). The second-order valence-corrected chi connectivity index (χ2v) is 7.24. The van der Waals surface area contributed by atoms with Crippen molar-refractivity contribution in [3.63, 3.8) is 0 Å². The monoisotopic (exact) mass is 358 g/mol. The van der Waals surface area contributed by atoms with E-state index < -0.39 is 5.60 Å². The van der Waals surface area contributed by atoms with Crippen molar-refractivity contribution in [2.45, 2.75) is 71.5 Å². The van der Waals surface area contributed by atoms with Crippen LogP contribution in [0.2, 0.25) is 0 Å². The van der Waals surface area contributed by atoms with E-state index in [1.807, 2.05) is 20.8 Å². The Kier molecular flexibility index (Phi) is 7.05. The molecule has 1 saturated carbocycles. The highest BCUT2D eigenvalue weighted by Crippen LogP contribution is 2.36. The van der Waals surface area contributed by atoms with Gasteiger partial charge in [0.2, 0.25) is 0 Å². The van der Waals surface area contributed by atoms with Crippen LogP contribution >= 0.6 is 0 Å². The smallest absolute Gasteiger partial charge is 0.256 e. The van der Waals surface area contributed by atoms with E-state index >= 15 is 0 Å². The van der Waals surface area contributed by atoms with Gasteiger partial charge in [-0.1, -0.05) is 20.3 Å². The summed E-state index contributed by atoms with van der Waals surface area (Å²) in [7, 11) is 0. The maximum atomic E-state index is 13.0. The first kappa shape index (κ1) is 20.3. The molecule has 1 N–H and O–H groups in total. The SMILES string of the molecule is CCO[C@]1(C(=O)Nc2ccc(O[C@@H](C)CC)cc2C#N)CCC[C@H](C)C1. The molecule has 1 aromatic carbocycles. The standard InChI is InChI=1S/C21H30N2O3/c1-5-16(4)26-18-9-10-19(17(12-18)14-22)23-20(24)21(25-6-2)11-7-8-15(3)13-21/h9-10,12,15-16H,5-8,11,13H2,1-4H3,(H,23,24)/t15-,16-,21+/m0/s1. The zero-order valence-electron chi connectivity index (χ0n) is 16.3. The third kappa shape index (κ3) is 4.76. The van der Waals surface area contributed by atoms with E-state index in [0.717, 1.165) is 19.3 Å². The Morgan fingerprint density at radius 1 is 1.46 bits per heavy atom. The largest absolute Gasteiger partial charge is 0.491 e. The zero-order chi connectivity index (χ0) is 19.2. The number of hydrogen-bond donors (Lipinski definition) is 1. The van der Waals surface area contributed by atoms with Gasteiger partial charge in [0.1, 0.15) is 17.4 Å². The Labute approximate surface area is 156 Å². The van der Waals surface area contributed by atoms with Crippen LogP contribution in [0.25, 0.3) is 0 Å². The van der Waals surface area contributed by atoms with E-state index in [1.165, 1.54) is 0 Å². The number of amides is 1. The lowest BCUT2D eigenvalue weighted by molar-refractivity contribution is -0.147. The van der Waals surface area contributed by atoms with Gasteiger partial charge in [-0.05, 0) is 57.6 Å². The highest BCUT2D eigenvalue weighted by Gasteiger charge is 2.42. The molecule has 0 unspecified atom stereocenters. The maximum absolute atomic E-state index is 13.0. The number of nitrogens with zero attached hydrogens (tertiary/aromatic N) is 1. The zero-order valence-corrected chi connectivity index (χ0v) is 16.3. The van der Waals surface area contributed by atoms with Crippen LogP contribution in [0, 0.1) is 17.2 Å². The first-order chi connectivity index (χ1) is 12.4. The van der Waals surface area contributed by atoms with Crippen molar-refractivity contribution in [3.8, 4) is 11.8 Å². The summed E-state index contributed by atoms with van der Waals surface area (Å²) in [5.74, 6) is 0.931. The van der Waals surface area contributed by atoms with Crippen LogP contribution in [0.3, 0.4) is 0 Å². The van der Waals surface area contributed by atoms with Crippen molar-refractivity contribution in [1.82, 2.24) is 0 Å². The summed E-state index contributed by atoms with van der Waals surface area (Å²) >= 11 is 0. The lowest BCUT2D eigenvalue weighted by atomic mass is 9.78. The Morgan fingerprint density at radius 3 is 2.85 bits per heavy atom. The van der Waals surface area contributed by atoms with Gasteiger partial charge in [-0.2, -0.15) is 5.26 Å². The van der Waals surface area contributed by atoms with Crippen molar-refractivity contribution in [2.75, 3.05) is 11.9 Å². The van der Waals surface area contributed by atoms with Gasteiger partial charge in [-0.3, -0.25) is 4.79 Å². The van der Waals surface area contributed by atoms with E-state index in [0.29, 0.717) is 42.4 Å². The lowest BCUT2D eigenvalue weighted by Gasteiger charge is -2.38. The molecule has 26 heavy (non-hydrogen) atoms. The maximum Gasteiger partial charge on any atom is 0.256 e. The summed E-state index contributed by atoms with van der Waals surface area (Å²) in [6.45, 7) is 8.59. The second-order valence-electron chi connectivity index (χ2n) is 7.24. The fraction of sp³-hybridized carbons (Fsp3) is 0.619. The molecule has 5 nitrogen and oxygen atoms in total. The molecular formula is C21H30N2O3. The Hall–Kier alpha value is -2.06. The predicted octanol–water partition coefficient (Wildman–Crippen LogP) is 4.66. The van der Waals surface area contributed by atoms with Crippen LogP contribution < -0.4 is 10.1 Å². The van der Waals surface area contributed by atoms with Crippen LogP contribution in [-0.2, 0) is 9.53 Å². The first-order valence-corrected chi connectivity index (χ1v) is 9.60. The topological polar surface area (TPSA) is 71.3 Å². The molecule has 0 aliphatic heterocycles. The molecule has 0 bridgehead atoms. The minimum atomic E-state index is -0.801. The van der Waals surface area contributed by atoms with Crippen LogP contribution in [-0.4, -0.2) is 24.2 Å². The molecule has 1 aromatic rings. The number of benzene rings is 1. The van der Waals surface area contributed by atoms with Crippen molar-refractivity contribution < 1.29 is 14.3 Å². The van der Waals surface area contributed by atoms with Gasteiger partial charge < -0.3 is 14.8 Å². The summed E-state index contributed by atoms with van der Waals surface area (Å²) in [6.07, 6.45) is 4.48. The van der Waals surface area contributed by atoms with Gasteiger partial charge in [0, 0.05) is 12.7 Å². The second kappa shape index (κ2) is 9.05. The summed E-state index contributed by atoms with van der Waals surface area (Å²) in [6, 6.07) is 7.36. The molecule has 0 aromatic heterocycles. The normalized spacial score (nSPS) is 23.7. The van der Waals surface area contributed by atoms with Gasteiger partial charge >= 0.3 is 0 Å².